The lowest BCUT2D eigenvalue weighted by Crippen LogP contribution is -2.13. The predicted molar refractivity (Wildman–Crippen MR) is 103 cm³/mol. The number of azo groups is 1. The third-order valence-corrected chi connectivity index (χ3v) is 5.30. The second kappa shape index (κ2) is 7.28. The molecule has 11 heteroatoms. The van der Waals surface area contributed by atoms with Crippen molar-refractivity contribution in [3.63, 3.8) is 0 Å². The minimum Gasteiger partial charge on any atom is -0.293 e. The van der Waals surface area contributed by atoms with E-state index in [4.69, 9.17) is 28.3 Å². The number of rotatable bonds is 4. The summed E-state index contributed by atoms with van der Waals surface area (Å²) in [5, 5.41) is 16.6. The molecule has 27 heavy (non-hydrogen) atoms. The van der Waals surface area contributed by atoms with E-state index in [1.807, 2.05) is 0 Å². The fourth-order valence-electron chi connectivity index (χ4n) is 2.27. The summed E-state index contributed by atoms with van der Waals surface area (Å²) in [5.41, 5.74) is 1.04. The molecule has 1 heterocycles. The van der Waals surface area contributed by atoms with Crippen molar-refractivity contribution < 1.29 is 8.42 Å². The first kappa shape index (κ1) is 19.3. The monoisotopic (exact) mass is 425 g/mol. The van der Waals surface area contributed by atoms with Crippen LogP contribution in [0.2, 0.25) is 10.0 Å². The molecule has 0 aliphatic rings. The maximum Gasteiger partial charge on any atom is 0.299 e. The molecule has 0 saturated heterocycles. The highest BCUT2D eigenvalue weighted by atomic mass is 35.5. The van der Waals surface area contributed by atoms with Crippen LogP contribution in [0.25, 0.3) is 5.69 Å². The highest BCUT2D eigenvalue weighted by molar-refractivity contribution is 7.89. The van der Waals surface area contributed by atoms with Gasteiger partial charge >= 0.3 is 0 Å². The van der Waals surface area contributed by atoms with Crippen LogP contribution in [0.1, 0.15) is 5.69 Å². The number of H-pyrrole nitrogens is 1. The molecule has 0 bridgehead atoms. The first-order chi connectivity index (χ1) is 12.7. The minimum absolute atomic E-state index is 0.0405. The minimum atomic E-state index is -3.78. The van der Waals surface area contributed by atoms with E-state index in [0.29, 0.717) is 27.1 Å². The maximum atomic E-state index is 12.6. The zero-order chi connectivity index (χ0) is 19.8. The van der Waals surface area contributed by atoms with Crippen molar-refractivity contribution in [3.05, 3.63) is 68.6 Å². The van der Waals surface area contributed by atoms with Gasteiger partial charge in [0.05, 0.1) is 32.0 Å². The summed E-state index contributed by atoms with van der Waals surface area (Å²) in [4.78, 5) is 12.6. The van der Waals surface area contributed by atoms with Gasteiger partial charge in [-0.1, -0.05) is 23.2 Å². The molecule has 3 N–H and O–H groups in total. The maximum absolute atomic E-state index is 12.6. The van der Waals surface area contributed by atoms with Crippen molar-refractivity contribution in [2.45, 2.75) is 11.8 Å². The van der Waals surface area contributed by atoms with Gasteiger partial charge in [0.25, 0.3) is 5.56 Å². The van der Waals surface area contributed by atoms with Crippen LogP contribution in [0.5, 0.6) is 0 Å². The smallest absolute Gasteiger partial charge is 0.293 e. The molecule has 140 valence electrons. The summed E-state index contributed by atoms with van der Waals surface area (Å²) in [6.45, 7) is 1.67. The van der Waals surface area contributed by atoms with Gasteiger partial charge in [-0.05, 0) is 49.4 Å². The Morgan fingerprint density at radius 3 is 2.30 bits per heavy atom. The van der Waals surface area contributed by atoms with Crippen LogP contribution in [0.15, 0.2) is 62.4 Å². The standard InChI is InChI=1S/C16H13Cl2N5O3S/c1-9-15(21-20-10-2-5-12(6-3-10)27(19,25)26)16(24)23(22-9)11-4-7-13(17)14(18)8-11/h2-8,22H,1H3,(H2,19,25,26). The fraction of sp³-hybridized carbons (Fsp3) is 0.0625. The number of hydrogen-bond acceptors (Lipinski definition) is 5. The second-order valence-corrected chi connectivity index (χ2v) is 7.94. The molecule has 0 fully saturated rings. The molecular weight excluding hydrogens is 413 g/mol. The van der Waals surface area contributed by atoms with Crippen molar-refractivity contribution in [2.24, 2.45) is 15.4 Å². The SMILES string of the molecule is Cc1[nH]n(-c2ccc(Cl)c(Cl)c2)c(=O)c1N=Nc1ccc(S(N)(=O)=O)cc1. The van der Waals surface area contributed by atoms with E-state index < -0.39 is 15.6 Å². The number of primary sulfonamides is 1. The average molecular weight is 426 g/mol. The van der Waals surface area contributed by atoms with E-state index in [2.05, 4.69) is 15.3 Å². The van der Waals surface area contributed by atoms with E-state index in [9.17, 15) is 13.2 Å². The molecule has 8 nitrogen and oxygen atoms in total. The first-order valence-electron chi connectivity index (χ1n) is 7.48. The average Bonchev–Trinajstić information content (AvgIpc) is 2.89. The number of hydrogen-bond donors (Lipinski definition) is 2. The Morgan fingerprint density at radius 1 is 1.04 bits per heavy atom. The van der Waals surface area contributed by atoms with Crippen LogP contribution in [-0.4, -0.2) is 18.2 Å². The molecule has 0 unspecified atom stereocenters. The second-order valence-electron chi connectivity index (χ2n) is 5.56. The van der Waals surface area contributed by atoms with Crippen LogP contribution < -0.4 is 10.7 Å². The number of benzene rings is 2. The quantitative estimate of drug-likeness (QED) is 0.616. The molecule has 3 aromatic rings. The summed E-state index contributed by atoms with van der Waals surface area (Å²) in [7, 11) is -3.78. The number of nitrogens with zero attached hydrogens (tertiary/aromatic N) is 3. The molecule has 0 saturated carbocycles. The molecule has 0 spiro atoms. The van der Waals surface area contributed by atoms with Crippen molar-refractivity contribution in [2.75, 3.05) is 0 Å². The van der Waals surface area contributed by atoms with Gasteiger partial charge in [0.15, 0.2) is 5.69 Å². The number of aryl methyl sites for hydroxylation is 1. The first-order valence-corrected chi connectivity index (χ1v) is 9.78. The van der Waals surface area contributed by atoms with Crippen molar-refractivity contribution in [3.8, 4) is 5.69 Å². The number of nitrogens with one attached hydrogen (secondary N) is 1. The third kappa shape index (κ3) is 4.11. The summed E-state index contributed by atoms with van der Waals surface area (Å²) >= 11 is 11.9. The molecule has 0 atom stereocenters. The highest BCUT2D eigenvalue weighted by Gasteiger charge is 2.13. The Morgan fingerprint density at radius 2 is 1.70 bits per heavy atom. The number of aromatic nitrogens is 2. The fourth-order valence-corrected chi connectivity index (χ4v) is 3.08. The number of nitrogens with two attached hydrogens (primary N) is 1. The van der Waals surface area contributed by atoms with Crippen LogP contribution in [-0.2, 0) is 10.0 Å². The largest absolute Gasteiger partial charge is 0.299 e. The van der Waals surface area contributed by atoms with E-state index >= 15 is 0 Å². The summed E-state index contributed by atoms with van der Waals surface area (Å²) in [6.07, 6.45) is 0. The zero-order valence-corrected chi connectivity index (χ0v) is 16.2. The van der Waals surface area contributed by atoms with Crippen molar-refractivity contribution in [1.29, 1.82) is 0 Å². The van der Waals surface area contributed by atoms with Crippen LogP contribution in [0.3, 0.4) is 0 Å². The van der Waals surface area contributed by atoms with Gasteiger partial charge in [-0.15, -0.1) is 5.11 Å². The Hall–Kier alpha value is -2.46. The molecule has 0 aliphatic carbocycles. The van der Waals surface area contributed by atoms with E-state index in [-0.39, 0.29) is 10.6 Å². The third-order valence-electron chi connectivity index (χ3n) is 3.63. The van der Waals surface area contributed by atoms with Gasteiger partial charge in [0.1, 0.15) is 0 Å². The Bertz CT molecular complexity index is 1200. The molecule has 1 aromatic heterocycles. The van der Waals surface area contributed by atoms with E-state index in [0.717, 1.165) is 0 Å². The van der Waals surface area contributed by atoms with Crippen molar-refractivity contribution >= 4 is 44.6 Å². The number of sulfonamides is 1. The Balaban J connectivity index is 1.94. The Kier molecular flexibility index (Phi) is 5.20. The molecule has 2 aromatic carbocycles. The van der Waals surface area contributed by atoms with Crippen LogP contribution in [0, 0.1) is 6.92 Å². The lowest BCUT2D eigenvalue weighted by molar-refractivity contribution is 0.598. The normalized spacial score (nSPS) is 12.0. The number of halogens is 2. The topological polar surface area (TPSA) is 123 Å². The zero-order valence-electron chi connectivity index (χ0n) is 13.8. The van der Waals surface area contributed by atoms with Gasteiger partial charge in [-0.2, -0.15) is 5.11 Å². The van der Waals surface area contributed by atoms with E-state index in [1.165, 1.54) is 28.9 Å². The van der Waals surface area contributed by atoms with Crippen LogP contribution in [0.4, 0.5) is 11.4 Å². The lowest BCUT2D eigenvalue weighted by atomic mass is 10.3. The van der Waals surface area contributed by atoms with Gasteiger partial charge in [0.2, 0.25) is 10.0 Å². The van der Waals surface area contributed by atoms with Gasteiger partial charge in [-0.25, -0.2) is 18.2 Å². The lowest BCUT2D eigenvalue weighted by Gasteiger charge is -2.02. The van der Waals surface area contributed by atoms with Gasteiger partial charge in [-0.3, -0.25) is 9.89 Å². The summed E-state index contributed by atoms with van der Waals surface area (Å²) < 4.78 is 23.8. The van der Waals surface area contributed by atoms with E-state index in [1.54, 1.807) is 25.1 Å². The molecule has 0 amide bonds. The van der Waals surface area contributed by atoms with Crippen molar-refractivity contribution in [1.82, 2.24) is 9.78 Å². The molecule has 3 rings (SSSR count). The van der Waals surface area contributed by atoms with Crippen LogP contribution >= 0.6 is 23.2 Å². The summed E-state index contributed by atoms with van der Waals surface area (Å²) in [5.74, 6) is 0. The van der Waals surface area contributed by atoms with Gasteiger partial charge < -0.3 is 0 Å². The predicted octanol–water partition coefficient (Wildman–Crippen LogP) is 3.84. The highest BCUT2D eigenvalue weighted by Crippen LogP contribution is 2.25. The molecule has 0 aliphatic heterocycles. The number of aromatic amines is 1. The Labute approximate surface area is 164 Å². The summed E-state index contributed by atoms with van der Waals surface area (Å²) in [6, 6.07) is 10.2. The molecular formula is C16H13Cl2N5O3S. The molecule has 0 radical (unpaired) electrons. The van der Waals surface area contributed by atoms with Gasteiger partial charge in [0, 0.05) is 0 Å².